The maximum atomic E-state index is 13.8. The molecule has 0 aliphatic rings. The van der Waals surface area contributed by atoms with Crippen LogP contribution in [0.1, 0.15) is 24.7 Å². The molecule has 9 nitrogen and oxygen atoms in total. The van der Waals surface area contributed by atoms with Crippen LogP contribution in [0, 0.1) is 18.6 Å². The number of aryl methyl sites for hydroxylation is 1. The van der Waals surface area contributed by atoms with Gasteiger partial charge in [-0.25, -0.2) is 13.8 Å². The van der Waals surface area contributed by atoms with Crippen molar-refractivity contribution in [2.45, 2.75) is 19.9 Å². The number of rotatable bonds is 4. The third-order valence-corrected chi connectivity index (χ3v) is 4.38. The van der Waals surface area contributed by atoms with Crippen molar-refractivity contribution < 1.29 is 23.2 Å². The van der Waals surface area contributed by atoms with Crippen molar-refractivity contribution in [3.8, 4) is 22.5 Å². The molecule has 4 aromatic rings. The largest absolute Gasteiger partial charge is 0.483 e. The normalized spacial score (nSPS) is 11.5. The van der Waals surface area contributed by atoms with E-state index < -0.39 is 17.7 Å². The van der Waals surface area contributed by atoms with Gasteiger partial charge in [0.2, 0.25) is 5.89 Å². The van der Waals surface area contributed by atoms with Crippen LogP contribution in [0.15, 0.2) is 52.2 Å². The predicted molar refractivity (Wildman–Crippen MR) is 105 cm³/mol. The summed E-state index contributed by atoms with van der Waals surface area (Å²) in [4.78, 5) is 32.0. The molecule has 11 heteroatoms. The first-order valence-corrected chi connectivity index (χ1v) is 8.95. The topological polar surface area (TPSA) is 127 Å². The molecule has 3 aromatic heterocycles. The van der Waals surface area contributed by atoms with E-state index in [-0.39, 0.29) is 12.0 Å². The lowest BCUT2D eigenvalue weighted by Crippen LogP contribution is -2.14. The van der Waals surface area contributed by atoms with Crippen molar-refractivity contribution in [2.24, 2.45) is 0 Å². The van der Waals surface area contributed by atoms with Gasteiger partial charge >= 0.3 is 0 Å². The number of pyridine rings is 1. The second-order valence-corrected chi connectivity index (χ2v) is 6.35. The molecule has 31 heavy (non-hydrogen) atoms. The molecule has 0 amide bonds. The van der Waals surface area contributed by atoms with Gasteiger partial charge in [-0.1, -0.05) is 5.16 Å². The Hall–Kier alpha value is -4.15. The molecule has 1 aromatic carbocycles. The molecule has 4 rings (SSSR count). The lowest BCUT2D eigenvalue weighted by atomic mass is 10.0. The minimum absolute atomic E-state index is 0.250. The van der Waals surface area contributed by atoms with E-state index in [0.29, 0.717) is 34.2 Å². The number of imidazole rings is 1. The molecule has 1 unspecified atom stereocenters. The van der Waals surface area contributed by atoms with E-state index in [1.54, 1.807) is 23.6 Å². The number of hydrogen-bond acceptors (Lipinski definition) is 6. The lowest BCUT2D eigenvalue weighted by Gasteiger charge is -2.14. The molecule has 0 aliphatic carbocycles. The maximum Gasteiger partial charge on any atom is 0.290 e. The number of nitrogens with zero attached hydrogens (tertiary/aromatic N) is 4. The minimum atomic E-state index is -0.999. The average Bonchev–Trinajstić information content (AvgIpc) is 3.37. The highest BCUT2D eigenvalue weighted by Gasteiger charge is 2.24. The van der Waals surface area contributed by atoms with E-state index in [1.807, 2.05) is 6.92 Å². The Morgan fingerprint density at radius 1 is 1.26 bits per heavy atom. The van der Waals surface area contributed by atoms with E-state index in [4.69, 9.17) is 14.4 Å². The summed E-state index contributed by atoms with van der Waals surface area (Å²) in [6.45, 7) is 3.26. The maximum absolute atomic E-state index is 13.8. The number of halogens is 2. The van der Waals surface area contributed by atoms with Crippen molar-refractivity contribution in [3.05, 3.63) is 76.6 Å². The van der Waals surface area contributed by atoms with Crippen LogP contribution in [0.3, 0.4) is 0 Å². The monoisotopic (exact) mass is 429 g/mol. The van der Waals surface area contributed by atoms with Gasteiger partial charge in [-0.15, -0.1) is 0 Å². The van der Waals surface area contributed by atoms with Gasteiger partial charge in [-0.2, -0.15) is 4.98 Å². The molecule has 0 fully saturated rings. The highest BCUT2D eigenvalue weighted by Crippen LogP contribution is 2.33. The minimum Gasteiger partial charge on any atom is -0.483 e. The number of carbonyl (C=O) groups is 1. The Balaban J connectivity index is 0.000000858. The van der Waals surface area contributed by atoms with Crippen LogP contribution in [0.25, 0.3) is 22.5 Å². The Labute approximate surface area is 174 Å². The molecular formula is C20H17F2N5O4. The van der Waals surface area contributed by atoms with Gasteiger partial charge in [0.15, 0.2) is 17.5 Å². The fourth-order valence-corrected chi connectivity index (χ4v) is 2.99. The van der Waals surface area contributed by atoms with Crippen molar-refractivity contribution in [1.29, 1.82) is 0 Å². The van der Waals surface area contributed by atoms with Gasteiger partial charge in [-0.05, 0) is 44.2 Å². The third-order valence-electron chi connectivity index (χ3n) is 4.38. The summed E-state index contributed by atoms with van der Waals surface area (Å²) in [5.41, 5.74) is 1.07. The smallest absolute Gasteiger partial charge is 0.290 e. The molecule has 160 valence electrons. The Morgan fingerprint density at radius 2 is 2.00 bits per heavy atom. The Kier molecular flexibility index (Phi) is 6.34. The first kappa shape index (κ1) is 21.6. The first-order valence-electron chi connectivity index (χ1n) is 8.95. The van der Waals surface area contributed by atoms with Crippen molar-refractivity contribution in [1.82, 2.24) is 24.7 Å². The van der Waals surface area contributed by atoms with Crippen LogP contribution < -0.4 is 5.56 Å². The van der Waals surface area contributed by atoms with E-state index in [9.17, 15) is 13.6 Å². The molecule has 1 atom stereocenters. The van der Waals surface area contributed by atoms with Crippen LogP contribution in [0.2, 0.25) is 0 Å². The SMILES string of the molecule is Cc1noc(C(C)n2cnc(-c3ccc(F)c(F)c3)c2-c2ccc[nH]c2=O)n1.O=CO. The van der Waals surface area contributed by atoms with E-state index in [1.165, 1.54) is 18.6 Å². The van der Waals surface area contributed by atoms with Gasteiger partial charge in [0.25, 0.3) is 12.0 Å². The van der Waals surface area contributed by atoms with Gasteiger partial charge in [0, 0.05) is 11.8 Å². The highest BCUT2D eigenvalue weighted by molar-refractivity contribution is 5.78. The Morgan fingerprint density at radius 3 is 2.61 bits per heavy atom. The fourth-order valence-electron chi connectivity index (χ4n) is 2.99. The van der Waals surface area contributed by atoms with Crippen LogP contribution >= 0.6 is 0 Å². The second kappa shape index (κ2) is 9.11. The molecule has 2 N–H and O–H groups in total. The van der Waals surface area contributed by atoms with Crippen LogP contribution in [-0.2, 0) is 4.79 Å². The zero-order valence-corrected chi connectivity index (χ0v) is 16.4. The molecule has 0 spiro atoms. The summed E-state index contributed by atoms with van der Waals surface area (Å²) in [7, 11) is 0. The fraction of sp³-hybridized carbons (Fsp3) is 0.150. The zero-order chi connectivity index (χ0) is 22.5. The molecular weight excluding hydrogens is 412 g/mol. The van der Waals surface area contributed by atoms with E-state index in [2.05, 4.69) is 20.1 Å². The standard InChI is InChI=1S/C19H15F2N5O2.CH2O2/c1-10(19-24-11(2)25-28-19)26-9-23-16(12-5-6-14(20)15(21)8-12)17(26)13-4-3-7-22-18(13)27;2-1-3/h3-10H,1-2H3,(H,22,27);1H,(H,2,3). The number of carboxylic acid groups (broad SMARTS) is 1. The van der Waals surface area contributed by atoms with Gasteiger partial charge in [-0.3, -0.25) is 9.59 Å². The molecule has 0 bridgehead atoms. The summed E-state index contributed by atoms with van der Waals surface area (Å²) in [5, 5.41) is 10.7. The summed E-state index contributed by atoms with van der Waals surface area (Å²) >= 11 is 0. The van der Waals surface area contributed by atoms with Crippen LogP contribution in [0.5, 0.6) is 0 Å². The molecule has 0 radical (unpaired) electrons. The van der Waals surface area contributed by atoms with Crippen LogP contribution in [-0.4, -0.2) is 36.3 Å². The van der Waals surface area contributed by atoms with Crippen molar-refractivity contribution >= 4 is 6.47 Å². The first-order chi connectivity index (χ1) is 14.9. The number of nitrogens with one attached hydrogen (secondary N) is 1. The number of hydrogen-bond donors (Lipinski definition) is 2. The summed E-state index contributed by atoms with van der Waals surface area (Å²) in [6, 6.07) is 6.33. The number of aromatic amines is 1. The third kappa shape index (κ3) is 4.39. The Bertz CT molecular complexity index is 1260. The summed E-state index contributed by atoms with van der Waals surface area (Å²) < 4.78 is 34.1. The molecule has 0 aliphatic heterocycles. The number of benzene rings is 1. The highest BCUT2D eigenvalue weighted by atomic mass is 19.2. The molecule has 3 heterocycles. The summed E-state index contributed by atoms with van der Waals surface area (Å²) in [6.07, 6.45) is 3.01. The van der Waals surface area contributed by atoms with Crippen molar-refractivity contribution in [3.63, 3.8) is 0 Å². The summed E-state index contributed by atoms with van der Waals surface area (Å²) in [5.74, 6) is -1.15. The van der Waals surface area contributed by atoms with Gasteiger partial charge < -0.3 is 19.2 Å². The number of H-pyrrole nitrogens is 1. The molecule has 0 saturated carbocycles. The second-order valence-electron chi connectivity index (χ2n) is 6.35. The van der Waals surface area contributed by atoms with E-state index in [0.717, 1.165) is 12.1 Å². The van der Waals surface area contributed by atoms with E-state index >= 15 is 0 Å². The molecule has 0 saturated heterocycles. The van der Waals surface area contributed by atoms with Gasteiger partial charge in [0.05, 0.1) is 23.3 Å². The lowest BCUT2D eigenvalue weighted by molar-refractivity contribution is -0.122. The zero-order valence-electron chi connectivity index (χ0n) is 16.4. The van der Waals surface area contributed by atoms with Crippen molar-refractivity contribution in [2.75, 3.05) is 0 Å². The van der Waals surface area contributed by atoms with Gasteiger partial charge in [0.1, 0.15) is 6.04 Å². The average molecular weight is 429 g/mol. The predicted octanol–water partition coefficient (Wildman–Crippen LogP) is 3.19. The number of aromatic nitrogens is 5. The quantitative estimate of drug-likeness (QED) is 0.477. The van der Waals surface area contributed by atoms with Crippen LogP contribution in [0.4, 0.5) is 8.78 Å².